The molecule has 2 unspecified atom stereocenters. The number of carbonyl (C=O) groups is 2. The van der Waals surface area contributed by atoms with Gasteiger partial charge in [0.1, 0.15) is 5.69 Å². The molecule has 4 N–H and O–H groups in total. The van der Waals surface area contributed by atoms with E-state index in [4.69, 9.17) is 5.73 Å². The van der Waals surface area contributed by atoms with Crippen LogP contribution in [0.1, 0.15) is 35.6 Å². The molecule has 0 aliphatic heterocycles. The van der Waals surface area contributed by atoms with E-state index in [2.05, 4.69) is 26.3 Å². The van der Waals surface area contributed by atoms with Gasteiger partial charge in [0.05, 0.1) is 17.4 Å². The number of benzene rings is 2. The first-order valence-electron chi connectivity index (χ1n) is 10.00. The molecule has 0 spiro atoms. The smallest absolute Gasteiger partial charge is 0.270 e. The monoisotopic (exact) mass is 486 g/mol. The molecule has 1 aromatic heterocycles. The number of aromatic nitrogens is 2. The third kappa shape index (κ3) is 6.50. The van der Waals surface area contributed by atoms with E-state index < -0.39 is 24.0 Å². The predicted molar refractivity (Wildman–Crippen MR) is 124 cm³/mol. The Balaban J connectivity index is 0.00000166. The number of carbonyl (C=O) groups excluding carboxylic acids is 2. The van der Waals surface area contributed by atoms with Crippen LogP contribution in [0.5, 0.6) is 0 Å². The predicted octanol–water partition coefficient (Wildman–Crippen LogP) is 3.16. The highest BCUT2D eigenvalue weighted by atomic mass is 79.9. The molecule has 0 bridgehead atoms. The van der Waals surface area contributed by atoms with Gasteiger partial charge in [-0.1, -0.05) is 66.2 Å². The Morgan fingerprint density at radius 1 is 1.13 bits per heavy atom. The Hall–Kier alpha value is -2.97. The highest BCUT2D eigenvalue weighted by Gasteiger charge is 2.28. The molecule has 3 rings (SSSR count). The summed E-state index contributed by atoms with van der Waals surface area (Å²) in [4.78, 5) is 24.6. The molecular formula is C23H27BrN4O3. The SMILES string of the molecule is CC.Cc1cc(C(=O)NC(Cc2ccccc2)C(O)C(N)=O)n(-c2cccc(Br)c2)n1. The fourth-order valence-electron chi connectivity index (χ4n) is 3.02. The zero-order chi connectivity index (χ0) is 23.0. The van der Waals surface area contributed by atoms with Gasteiger partial charge in [-0.2, -0.15) is 5.10 Å². The van der Waals surface area contributed by atoms with Gasteiger partial charge >= 0.3 is 0 Å². The molecule has 0 radical (unpaired) electrons. The van der Waals surface area contributed by atoms with Gasteiger partial charge in [-0.25, -0.2) is 4.68 Å². The number of amides is 2. The fourth-order valence-corrected chi connectivity index (χ4v) is 3.40. The van der Waals surface area contributed by atoms with Crippen molar-refractivity contribution in [1.82, 2.24) is 15.1 Å². The minimum atomic E-state index is -1.53. The van der Waals surface area contributed by atoms with Crippen LogP contribution in [-0.4, -0.2) is 38.8 Å². The second kappa shape index (κ2) is 11.4. The molecule has 1 heterocycles. The number of aliphatic hydroxyl groups excluding tert-OH is 1. The van der Waals surface area contributed by atoms with Crippen molar-refractivity contribution in [3.8, 4) is 5.69 Å². The summed E-state index contributed by atoms with van der Waals surface area (Å²) in [6, 6.07) is 17.4. The molecule has 0 fully saturated rings. The van der Waals surface area contributed by atoms with Gasteiger partial charge in [0.25, 0.3) is 5.91 Å². The third-order valence-corrected chi connectivity index (χ3v) is 4.90. The Bertz CT molecular complexity index is 1020. The van der Waals surface area contributed by atoms with Crippen molar-refractivity contribution in [2.75, 3.05) is 0 Å². The maximum Gasteiger partial charge on any atom is 0.270 e. The molecule has 7 nitrogen and oxygen atoms in total. The quantitative estimate of drug-likeness (QED) is 0.476. The third-order valence-electron chi connectivity index (χ3n) is 4.40. The van der Waals surface area contributed by atoms with Gasteiger partial charge in [-0.15, -0.1) is 0 Å². The maximum atomic E-state index is 13.0. The van der Waals surface area contributed by atoms with Crippen molar-refractivity contribution in [3.63, 3.8) is 0 Å². The van der Waals surface area contributed by atoms with Crippen LogP contribution in [-0.2, 0) is 11.2 Å². The Morgan fingerprint density at radius 3 is 2.42 bits per heavy atom. The van der Waals surface area contributed by atoms with Crippen LogP contribution < -0.4 is 11.1 Å². The number of rotatable bonds is 7. The number of nitrogens with one attached hydrogen (secondary N) is 1. The molecule has 2 atom stereocenters. The Kier molecular flexibility index (Phi) is 8.96. The van der Waals surface area contributed by atoms with Crippen LogP contribution in [0.25, 0.3) is 5.69 Å². The van der Waals surface area contributed by atoms with E-state index >= 15 is 0 Å². The first-order valence-corrected chi connectivity index (χ1v) is 10.8. The minimum Gasteiger partial charge on any atom is -0.381 e. The van der Waals surface area contributed by atoms with Gasteiger partial charge in [0, 0.05) is 4.47 Å². The second-order valence-electron chi connectivity index (χ2n) is 6.68. The molecule has 8 heteroatoms. The normalized spacial score (nSPS) is 12.3. The highest BCUT2D eigenvalue weighted by molar-refractivity contribution is 9.10. The summed E-state index contributed by atoms with van der Waals surface area (Å²) >= 11 is 3.41. The lowest BCUT2D eigenvalue weighted by atomic mass is 10.0. The molecule has 3 aromatic rings. The summed E-state index contributed by atoms with van der Waals surface area (Å²) in [5.41, 5.74) is 7.79. The van der Waals surface area contributed by atoms with Gasteiger partial charge in [-0.3, -0.25) is 9.59 Å². The number of hydrogen-bond donors (Lipinski definition) is 3. The van der Waals surface area contributed by atoms with E-state index in [1.165, 1.54) is 4.68 Å². The molecule has 2 aromatic carbocycles. The van der Waals surface area contributed by atoms with Crippen molar-refractivity contribution < 1.29 is 14.7 Å². The summed E-state index contributed by atoms with van der Waals surface area (Å²) in [5.74, 6) is -1.37. The summed E-state index contributed by atoms with van der Waals surface area (Å²) in [6.45, 7) is 5.78. The van der Waals surface area contributed by atoms with Gasteiger partial charge in [0.15, 0.2) is 6.10 Å². The van der Waals surface area contributed by atoms with Crippen molar-refractivity contribution in [2.45, 2.75) is 39.3 Å². The first kappa shape index (κ1) is 24.3. The van der Waals surface area contributed by atoms with E-state index in [0.29, 0.717) is 11.4 Å². The summed E-state index contributed by atoms with van der Waals surface area (Å²) in [6.07, 6.45) is -1.27. The Labute approximate surface area is 190 Å². The molecule has 164 valence electrons. The van der Waals surface area contributed by atoms with Crippen LogP contribution >= 0.6 is 15.9 Å². The van der Waals surface area contributed by atoms with E-state index in [0.717, 1.165) is 10.0 Å². The zero-order valence-electron chi connectivity index (χ0n) is 17.7. The van der Waals surface area contributed by atoms with Crippen molar-refractivity contribution in [2.24, 2.45) is 5.73 Å². The minimum absolute atomic E-state index is 0.251. The lowest BCUT2D eigenvalue weighted by molar-refractivity contribution is -0.127. The highest BCUT2D eigenvalue weighted by Crippen LogP contribution is 2.18. The van der Waals surface area contributed by atoms with E-state index in [-0.39, 0.29) is 12.1 Å². The van der Waals surface area contributed by atoms with Crippen LogP contribution in [0, 0.1) is 6.92 Å². The van der Waals surface area contributed by atoms with E-state index in [9.17, 15) is 14.7 Å². The molecule has 31 heavy (non-hydrogen) atoms. The topological polar surface area (TPSA) is 110 Å². The van der Waals surface area contributed by atoms with Gasteiger partial charge < -0.3 is 16.2 Å². The molecule has 2 amide bonds. The molecule has 0 aliphatic rings. The number of nitrogens with two attached hydrogens (primary N) is 1. The van der Waals surface area contributed by atoms with E-state index in [1.54, 1.807) is 13.0 Å². The Morgan fingerprint density at radius 2 is 1.81 bits per heavy atom. The van der Waals surface area contributed by atoms with Crippen LogP contribution in [0.4, 0.5) is 0 Å². The summed E-state index contributed by atoms with van der Waals surface area (Å²) in [7, 11) is 0. The van der Waals surface area contributed by atoms with Crippen LogP contribution in [0.15, 0.2) is 65.1 Å². The average Bonchev–Trinajstić information content (AvgIpc) is 3.16. The van der Waals surface area contributed by atoms with Crippen LogP contribution in [0.2, 0.25) is 0 Å². The lowest BCUT2D eigenvalue weighted by Gasteiger charge is -2.22. The van der Waals surface area contributed by atoms with Crippen molar-refractivity contribution in [1.29, 1.82) is 0 Å². The first-order chi connectivity index (χ1) is 14.8. The number of aryl methyl sites for hydroxylation is 1. The number of nitrogens with zero attached hydrogens (tertiary/aromatic N) is 2. The van der Waals surface area contributed by atoms with Crippen molar-refractivity contribution >= 4 is 27.7 Å². The summed E-state index contributed by atoms with van der Waals surface area (Å²) < 4.78 is 2.37. The second-order valence-corrected chi connectivity index (χ2v) is 7.60. The number of aliphatic hydroxyl groups is 1. The standard InChI is InChI=1S/C21H21BrN4O3.C2H6/c1-13-10-18(26(25-13)16-9-5-8-15(22)12-16)21(29)24-17(19(27)20(23)28)11-14-6-3-2-4-7-14;1-2/h2-10,12,17,19,27H,11H2,1H3,(H2,23,28)(H,24,29);1-2H3. The van der Waals surface area contributed by atoms with Gasteiger partial charge in [-0.05, 0) is 43.2 Å². The van der Waals surface area contributed by atoms with E-state index in [1.807, 2.05) is 68.4 Å². The zero-order valence-corrected chi connectivity index (χ0v) is 19.3. The molecule has 0 aliphatic carbocycles. The average molecular weight is 487 g/mol. The lowest BCUT2D eigenvalue weighted by Crippen LogP contribution is -2.50. The van der Waals surface area contributed by atoms with Gasteiger partial charge in [0.2, 0.25) is 5.91 Å². The maximum absolute atomic E-state index is 13.0. The van der Waals surface area contributed by atoms with Crippen LogP contribution in [0.3, 0.4) is 0 Å². The van der Waals surface area contributed by atoms with Crippen molar-refractivity contribution in [3.05, 3.63) is 82.1 Å². The molecular weight excluding hydrogens is 460 g/mol. The number of primary amides is 1. The molecule has 0 saturated heterocycles. The fraction of sp³-hybridized carbons (Fsp3) is 0.261. The largest absolute Gasteiger partial charge is 0.381 e. The number of hydrogen-bond acceptors (Lipinski definition) is 4. The summed E-state index contributed by atoms with van der Waals surface area (Å²) in [5, 5.41) is 17.4. The molecule has 0 saturated carbocycles. The number of halogens is 1.